The van der Waals surface area contributed by atoms with Crippen LogP contribution in [0.3, 0.4) is 0 Å². The molecule has 4 aromatic rings. The van der Waals surface area contributed by atoms with Crippen LogP contribution in [0.25, 0.3) is 10.6 Å². The fourth-order valence-electron chi connectivity index (χ4n) is 3.28. The van der Waals surface area contributed by atoms with Crippen molar-refractivity contribution >= 4 is 38.1 Å². The molecule has 0 fully saturated rings. The van der Waals surface area contributed by atoms with Crippen LogP contribution in [0.5, 0.6) is 11.5 Å². The third-order valence-corrected chi connectivity index (χ3v) is 6.96. The molecule has 3 aromatic carbocycles. The van der Waals surface area contributed by atoms with E-state index in [1.807, 2.05) is 60.7 Å². The Kier molecular flexibility index (Phi) is 6.90. The van der Waals surface area contributed by atoms with Gasteiger partial charge >= 0.3 is 0 Å². The van der Waals surface area contributed by atoms with Crippen LogP contribution < -0.4 is 14.4 Å². The van der Waals surface area contributed by atoms with Gasteiger partial charge in [0.15, 0.2) is 0 Å². The molecule has 0 aliphatic heterocycles. The molecule has 10 heteroatoms. The van der Waals surface area contributed by atoms with Gasteiger partial charge in [-0.25, -0.2) is 8.42 Å². The number of aromatic nitrogens is 2. The summed E-state index contributed by atoms with van der Waals surface area (Å²) in [5.41, 5.74) is 1.22. The number of hydrogen-bond acceptors (Lipinski definition) is 7. The second-order valence-corrected chi connectivity index (χ2v) is 10.2. The Morgan fingerprint density at radius 3 is 2.12 bits per heavy atom. The summed E-state index contributed by atoms with van der Waals surface area (Å²) in [6, 6.07) is 24.2. The van der Waals surface area contributed by atoms with Crippen molar-refractivity contribution in [2.45, 2.75) is 13.0 Å². The highest BCUT2D eigenvalue weighted by Crippen LogP contribution is 2.29. The molecule has 4 rings (SSSR count). The van der Waals surface area contributed by atoms with Crippen molar-refractivity contribution in [3.05, 3.63) is 84.9 Å². The SMILES string of the molecule is C[C@H](C(=O)Nc1nnc(-c2ccccc2)s1)N(c1ccc(Oc2ccccc2)cc1)S(C)(=O)=O. The molecule has 34 heavy (non-hydrogen) atoms. The van der Waals surface area contributed by atoms with Gasteiger partial charge in [0.05, 0.1) is 11.9 Å². The van der Waals surface area contributed by atoms with Gasteiger partial charge in [-0.15, -0.1) is 10.2 Å². The molecular weight excluding hydrogens is 472 g/mol. The highest BCUT2D eigenvalue weighted by Gasteiger charge is 2.30. The summed E-state index contributed by atoms with van der Waals surface area (Å²) in [6.45, 7) is 1.52. The first kappa shape index (κ1) is 23.4. The van der Waals surface area contributed by atoms with Gasteiger partial charge in [-0.2, -0.15) is 0 Å². The van der Waals surface area contributed by atoms with E-state index >= 15 is 0 Å². The van der Waals surface area contributed by atoms with Crippen molar-refractivity contribution in [1.29, 1.82) is 0 Å². The zero-order valence-electron chi connectivity index (χ0n) is 18.5. The molecule has 0 spiro atoms. The maximum absolute atomic E-state index is 12.9. The Morgan fingerprint density at radius 2 is 1.50 bits per heavy atom. The summed E-state index contributed by atoms with van der Waals surface area (Å²) in [5.74, 6) is 0.684. The smallest absolute Gasteiger partial charge is 0.249 e. The van der Waals surface area contributed by atoms with Gasteiger partial charge in [0, 0.05) is 5.56 Å². The molecule has 0 saturated carbocycles. The first-order chi connectivity index (χ1) is 16.3. The van der Waals surface area contributed by atoms with Crippen LogP contribution in [0.4, 0.5) is 10.8 Å². The van der Waals surface area contributed by atoms with E-state index in [9.17, 15) is 13.2 Å². The molecule has 1 aromatic heterocycles. The van der Waals surface area contributed by atoms with Crippen LogP contribution in [0, 0.1) is 0 Å². The number of sulfonamides is 1. The number of hydrogen-bond donors (Lipinski definition) is 1. The van der Waals surface area contributed by atoms with Crippen molar-refractivity contribution in [1.82, 2.24) is 10.2 Å². The van der Waals surface area contributed by atoms with Crippen molar-refractivity contribution in [2.75, 3.05) is 15.9 Å². The molecule has 0 unspecified atom stereocenters. The number of carbonyl (C=O) groups excluding carboxylic acids is 1. The summed E-state index contributed by atoms with van der Waals surface area (Å²) < 4.78 is 32.0. The van der Waals surface area contributed by atoms with Gasteiger partial charge in [0.1, 0.15) is 22.5 Å². The topological polar surface area (TPSA) is 101 Å². The number of para-hydroxylation sites is 1. The quantitative estimate of drug-likeness (QED) is 0.378. The van der Waals surface area contributed by atoms with E-state index in [0.29, 0.717) is 22.2 Å². The maximum Gasteiger partial charge on any atom is 0.249 e. The van der Waals surface area contributed by atoms with E-state index in [0.717, 1.165) is 16.1 Å². The zero-order chi connectivity index (χ0) is 24.1. The molecule has 0 aliphatic rings. The van der Waals surface area contributed by atoms with Gasteiger partial charge in [0.25, 0.3) is 0 Å². The molecular formula is C24H22N4O4S2. The average molecular weight is 495 g/mol. The second kappa shape index (κ2) is 10.0. The number of nitrogens with one attached hydrogen (secondary N) is 1. The minimum atomic E-state index is -3.76. The Balaban J connectivity index is 1.50. The van der Waals surface area contributed by atoms with Crippen molar-refractivity contribution in [3.63, 3.8) is 0 Å². The van der Waals surface area contributed by atoms with Gasteiger partial charge in [-0.1, -0.05) is 59.9 Å². The number of anilines is 2. The van der Waals surface area contributed by atoms with Gasteiger partial charge < -0.3 is 4.74 Å². The van der Waals surface area contributed by atoms with E-state index in [1.165, 1.54) is 18.3 Å². The summed E-state index contributed by atoms with van der Waals surface area (Å²) in [6.07, 6.45) is 1.06. The Morgan fingerprint density at radius 1 is 0.912 bits per heavy atom. The van der Waals surface area contributed by atoms with Crippen molar-refractivity contribution in [2.24, 2.45) is 0 Å². The maximum atomic E-state index is 12.9. The van der Waals surface area contributed by atoms with E-state index < -0.39 is 22.0 Å². The summed E-state index contributed by atoms with van der Waals surface area (Å²) >= 11 is 1.21. The molecule has 0 saturated heterocycles. The van der Waals surface area contributed by atoms with Gasteiger partial charge in [-0.3, -0.25) is 14.4 Å². The number of rotatable bonds is 8. The highest BCUT2D eigenvalue weighted by atomic mass is 32.2. The van der Waals surface area contributed by atoms with E-state index in [-0.39, 0.29) is 5.13 Å². The predicted octanol–water partition coefficient (Wildman–Crippen LogP) is 4.79. The fraction of sp³-hybridized carbons (Fsp3) is 0.125. The first-order valence-electron chi connectivity index (χ1n) is 10.3. The largest absolute Gasteiger partial charge is 0.457 e. The number of nitrogens with zero attached hydrogens (tertiary/aromatic N) is 3. The second-order valence-electron chi connectivity index (χ2n) is 7.41. The van der Waals surface area contributed by atoms with Gasteiger partial charge in [-0.05, 0) is 43.3 Å². The molecule has 1 atom stereocenters. The molecule has 0 radical (unpaired) electrons. The van der Waals surface area contributed by atoms with Gasteiger partial charge in [0.2, 0.25) is 21.1 Å². The Hall–Kier alpha value is -3.76. The molecule has 174 valence electrons. The third kappa shape index (κ3) is 5.59. The van der Waals surface area contributed by atoms with Crippen LogP contribution in [-0.2, 0) is 14.8 Å². The van der Waals surface area contributed by atoms with Crippen LogP contribution in [-0.4, -0.2) is 36.8 Å². The summed E-state index contributed by atoms with van der Waals surface area (Å²) in [7, 11) is -3.76. The Bertz CT molecular complexity index is 1360. The Labute approximate surface area is 201 Å². The monoisotopic (exact) mass is 494 g/mol. The lowest BCUT2D eigenvalue weighted by atomic mass is 10.2. The molecule has 0 bridgehead atoms. The number of ether oxygens (including phenoxy) is 1. The van der Waals surface area contributed by atoms with Crippen LogP contribution in [0.2, 0.25) is 0 Å². The normalized spacial score (nSPS) is 12.1. The number of amides is 1. The lowest BCUT2D eigenvalue weighted by Crippen LogP contribution is -2.45. The van der Waals surface area contributed by atoms with Crippen molar-refractivity contribution in [3.8, 4) is 22.1 Å². The summed E-state index contributed by atoms with van der Waals surface area (Å²) in [4.78, 5) is 12.9. The van der Waals surface area contributed by atoms with Crippen LogP contribution in [0.15, 0.2) is 84.9 Å². The standard InChI is InChI=1S/C24H22N4O4S2/c1-17(22(29)25-24-27-26-23(33-24)18-9-5-3-6-10-18)28(34(2,30)31)19-13-15-21(16-14-19)32-20-11-7-4-8-12-20/h3-17H,1-2H3,(H,25,27,29)/t17-/m1/s1. The number of carbonyl (C=O) groups is 1. The lowest BCUT2D eigenvalue weighted by Gasteiger charge is -2.28. The average Bonchev–Trinajstić information content (AvgIpc) is 3.29. The zero-order valence-corrected chi connectivity index (χ0v) is 20.1. The highest BCUT2D eigenvalue weighted by molar-refractivity contribution is 7.92. The molecule has 8 nitrogen and oxygen atoms in total. The lowest BCUT2D eigenvalue weighted by molar-refractivity contribution is -0.116. The van der Waals surface area contributed by atoms with Crippen molar-refractivity contribution < 1.29 is 17.9 Å². The number of benzene rings is 3. The van der Waals surface area contributed by atoms with E-state index in [1.54, 1.807) is 24.3 Å². The minimum Gasteiger partial charge on any atom is -0.457 e. The third-order valence-electron chi connectivity index (χ3n) is 4.83. The molecule has 1 N–H and O–H groups in total. The van der Waals surface area contributed by atoms with Crippen LogP contribution in [0.1, 0.15) is 6.92 Å². The predicted molar refractivity (Wildman–Crippen MR) is 134 cm³/mol. The fourth-order valence-corrected chi connectivity index (χ4v) is 5.20. The van der Waals surface area contributed by atoms with E-state index in [4.69, 9.17) is 4.74 Å². The molecule has 1 heterocycles. The first-order valence-corrected chi connectivity index (χ1v) is 13.0. The van der Waals surface area contributed by atoms with E-state index in [2.05, 4.69) is 15.5 Å². The van der Waals surface area contributed by atoms with Crippen LogP contribution >= 0.6 is 11.3 Å². The molecule has 1 amide bonds. The summed E-state index contributed by atoms with van der Waals surface area (Å²) in [5, 5.41) is 11.7. The molecule has 0 aliphatic carbocycles. The minimum absolute atomic E-state index is 0.288.